The number of methoxy groups -OCH3 is 1. The first-order valence-electron chi connectivity index (χ1n) is 5.60. The Morgan fingerprint density at radius 3 is 2.50 bits per heavy atom. The van der Waals surface area contributed by atoms with Crippen LogP contribution in [0.4, 0.5) is 10.1 Å². The molecular formula is C11H16FN3O4S. The lowest BCUT2D eigenvalue weighted by molar-refractivity contribution is -0.121. The molecule has 0 saturated heterocycles. The Balaban J connectivity index is 3.14. The van der Waals surface area contributed by atoms with Crippen LogP contribution < -0.4 is 20.5 Å². The van der Waals surface area contributed by atoms with Crippen molar-refractivity contribution < 1.29 is 22.3 Å². The molecule has 0 radical (unpaired) electrons. The average molecular weight is 305 g/mol. The molecule has 1 amide bonds. The van der Waals surface area contributed by atoms with E-state index in [1.165, 1.54) is 21.1 Å². The summed E-state index contributed by atoms with van der Waals surface area (Å²) >= 11 is 0. The van der Waals surface area contributed by atoms with Gasteiger partial charge in [0.05, 0.1) is 23.7 Å². The fraction of sp³-hybridized carbons (Fsp3) is 0.364. The topological polar surface area (TPSA) is 111 Å². The maximum absolute atomic E-state index is 13.6. The number of anilines is 1. The highest BCUT2D eigenvalue weighted by Crippen LogP contribution is 2.28. The summed E-state index contributed by atoms with van der Waals surface area (Å²) in [4.78, 5) is 10.9. The Kier molecular flexibility index (Phi) is 4.90. The second-order valence-corrected chi connectivity index (χ2v) is 5.70. The summed E-state index contributed by atoms with van der Waals surface area (Å²) in [6, 6.07) is 0.825. The zero-order chi connectivity index (χ0) is 15.5. The van der Waals surface area contributed by atoms with Crippen LogP contribution in [0.25, 0.3) is 0 Å². The van der Waals surface area contributed by atoms with Crippen LogP contribution in [0.3, 0.4) is 0 Å². The number of nitrogens with one attached hydrogen (secondary N) is 2. The van der Waals surface area contributed by atoms with Crippen molar-refractivity contribution in [3.05, 3.63) is 17.9 Å². The number of ether oxygens (including phenoxy) is 1. The van der Waals surface area contributed by atoms with Crippen molar-refractivity contribution >= 4 is 21.6 Å². The molecular weight excluding hydrogens is 289 g/mol. The van der Waals surface area contributed by atoms with Crippen molar-refractivity contribution in [2.45, 2.75) is 17.9 Å². The highest BCUT2D eigenvalue weighted by molar-refractivity contribution is 7.89. The van der Waals surface area contributed by atoms with Gasteiger partial charge in [-0.05, 0) is 19.1 Å². The normalized spacial score (nSPS) is 12.8. The van der Waals surface area contributed by atoms with Gasteiger partial charge in [0, 0.05) is 7.05 Å². The van der Waals surface area contributed by atoms with Gasteiger partial charge in [-0.3, -0.25) is 4.79 Å². The van der Waals surface area contributed by atoms with Gasteiger partial charge in [0.2, 0.25) is 15.9 Å². The molecule has 0 aromatic heterocycles. The zero-order valence-electron chi connectivity index (χ0n) is 11.2. The molecule has 9 heteroatoms. The van der Waals surface area contributed by atoms with Crippen LogP contribution in [-0.4, -0.2) is 34.5 Å². The van der Waals surface area contributed by atoms with Crippen molar-refractivity contribution in [3.8, 4) is 5.75 Å². The van der Waals surface area contributed by atoms with Crippen LogP contribution >= 0.6 is 0 Å². The number of amides is 1. The number of carbonyl (C=O) groups excluding carboxylic acids is 1. The van der Waals surface area contributed by atoms with Crippen LogP contribution in [0.2, 0.25) is 0 Å². The number of hydrogen-bond donors (Lipinski definition) is 3. The minimum atomic E-state index is -4.07. The number of sulfonamides is 1. The van der Waals surface area contributed by atoms with Gasteiger partial charge >= 0.3 is 0 Å². The third-order valence-corrected chi connectivity index (χ3v) is 4.05. The molecule has 1 aromatic carbocycles. The minimum absolute atomic E-state index is 0.152. The summed E-state index contributed by atoms with van der Waals surface area (Å²) < 4.78 is 44.5. The van der Waals surface area contributed by atoms with Crippen LogP contribution in [0, 0.1) is 5.82 Å². The van der Waals surface area contributed by atoms with Gasteiger partial charge in [-0.1, -0.05) is 0 Å². The fourth-order valence-corrected chi connectivity index (χ4v) is 2.78. The summed E-state index contributed by atoms with van der Waals surface area (Å²) in [5, 5.41) is 2.30. The largest absolute Gasteiger partial charge is 0.492 e. The second-order valence-electron chi connectivity index (χ2n) is 3.98. The lowest BCUT2D eigenvalue weighted by Crippen LogP contribution is -2.43. The zero-order valence-corrected chi connectivity index (χ0v) is 12.0. The Morgan fingerprint density at radius 2 is 2.05 bits per heavy atom. The number of hydrogen-bond acceptors (Lipinski definition) is 5. The van der Waals surface area contributed by atoms with Crippen molar-refractivity contribution in [1.82, 2.24) is 10.0 Å². The Bertz CT molecular complexity index is 595. The van der Waals surface area contributed by atoms with Gasteiger partial charge in [-0.25, -0.2) is 12.8 Å². The molecule has 0 spiro atoms. The highest BCUT2D eigenvalue weighted by atomic mass is 32.2. The fourth-order valence-electron chi connectivity index (χ4n) is 1.53. The molecule has 1 atom stereocenters. The lowest BCUT2D eigenvalue weighted by Gasteiger charge is -2.14. The van der Waals surface area contributed by atoms with E-state index in [0.29, 0.717) is 0 Å². The second kappa shape index (κ2) is 6.06. The number of likely N-dealkylation sites (N-methyl/N-ethyl adjacent to an activating group) is 1. The van der Waals surface area contributed by atoms with E-state index < -0.39 is 27.8 Å². The van der Waals surface area contributed by atoms with Gasteiger partial charge < -0.3 is 15.8 Å². The predicted molar refractivity (Wildman–Crippen MR) is 71.2 cm³/mol. The van der Waals surface area contributed by atoms with Crippen molar-refractivity contribution in [1.29, 1.82) is 0 Å². The van der Waals surface area contributed by atoms with E-state index in [1.807, 2.05) is 0 Å². The first kappa shape index (κ1) is 16.2. The number of benzene rings is 1. The summed E-state index contributed by atoms with van der Waals surface area (Å²) in [5.41, 5.74) is 5.36. The molecule has 112 valence electrons. The molecule has 0 aliphatic heterocycles. The molecule has 1 rings (SSSR count). The van der Waals surface area contributed by atoms with Gasteiger partial charge in [0.1, 0.15) is 0 Å². The van der Waals surface area contributed by atoms with Gasteiger partial charge in [0.15, 0.2) is 11.6 Å². The van der Waals surface area contributed by atoms with E-state index >= 15 is 0 Å². The van der Waals surface area contributed by atoms with Crippen LogP contribution in [-0.2, 0) is 14.8 Å². The minimum Gasteiger partial charge on any atom is -0.492 e. The highest BCUT2D eigenvalue weighted by Gasteiger charge is 2.23. The summed E-state index contributed by atoms with van der Waals surface area (Å²) in [6.07, 6.45) is 0. The van der Waals surface area contributed by atoms with Gasteiger partial charge in [-0.15, -0.1) is 0 Å². The van der Waals surface area contributed by atoms with E-state index in [2.05, 4.69) is 10.0 Å². The number of halogens is 1. The molecule has 1 unspecified atom stereocenters. The Labute approximate surface area is 116 Å². The number of nitrogens with two attached hydrogens (primary N) is 1. The van der Waals surface area contributed by atoms with E-state index in [1.54, 1.807) is 0 Å². The Hall–Kier alpha value is -1.87. The number of carbonyl (C=O) groups is 1. The molecule has 0 heterocycles. The lowest BCUT2D eigenvalue weighted by atomic mass is 10.3. The molecule has 0 saturated carbocycles. The standard InChI is InChI=1S/C11H16FN3O4S/c1-6(11(16)14-2)15-20(17,18)7-4-8(12)10(19-3)9(13)5-7/h4-6,15H,13H2,1-3H3,(H,14,16). The van der Waals surface area contributed by atoms with E-state index in [4.69, 9.17) is 10.5 Å². The van der Waals surface area contributed by atoms with E-state index in [-0.39, 0.29) is 16.3 Å². The third kappa shape index (κ3) is 3.36. The maximum atomic E-state index is 13.6. The van der Waals surface area contributed by atoms with E-state index in [0.717, 1.165) is 12.1 Å². The third-order valence-electron chi connectivity index (χ3n) is 2.53. The van der Waals surface area contributed by atoms with Crippen molar-refractivity contribution in [3.63, 3.8) is 0 Å². The quantitative estimate of drug-likeness (QED) is 0.654. The summed E-state index contributed by atoms with van der Waals surface area (Å²) in [6.45, 7) is 1.36. The number of rotatable bonds is 5. The smallest absolute Gasteiger partial charge is 0.241 e. The van der Waals surface area contributed by atoms with E-state index in [9.17, 15) is 17.6 Å². The molecule has 7 nitrogen and oxygen atoms in total. The predicted octanol–water partition coefficient (Wildman–Crippen LogP) is -0.171. The molecule has 20 heavy (non-hydrogen) atoms. The SMILES string of the molecule is CNC(=O)C(C)NS(=O)(=O)c1cc(N)c(OC)c(F)c1. The van der Waals surface area contributed by atoms with Crippen LogP contribution in [0.1, 0.15) is 6.92 Å². The van der Waals surface area contributed by atoms with Crippen LogP contribution in [0.5, 0.6) is 5.75 Å². The number of nitrogen functional groups attached to an aromatic ring is 1. The first-order chi connectivity index (χ1) is 9.22. The Morgan fingerprint density at radius 1 is 1.45 bits per heavy atom. The van der Waals surface area contributed by atoms with Crippen molar-refractivity contribution in [2.24, 2.45) is 0 Å². The van der Waals surface area contributed by atoms with Crippen molar-refractivity contribution in [2.75, 3.05) is 19.9 Å². The maximum Gasteiger partial charge on any atom is 0.241 e. The first-order valence-corrected chi connectivity index (χ1v) is 7.08. The van der Waals surface area contributed by atoms with Gasteiger partial charge in [-0.2, -0.15) is 4.72 Å². The molecule has 1 aromatic rings. The molecule has 0 aliphatic carbocycles. The summed E-state index contributed by atoms with van der Waals surface area (Å²) in [5.74, 6) is -1.65. The summed E-state index contributed by atoms with van der Waals surface area (Å²) in [7, 11) is -1.48. The molecule has 4 N–H and O–H groups in total. The average Bonchev–Trinajstić information content (AvgIpc) is 2.36. The molecule has 0 aliphatic rings. The molecule has 0 bridgehead atoms. The monoisotopic (exact) mass is 305 g/mol. The van der Waals surface area contributed by atoms with Crippen LogP contribution in [0.15, 0.2) is 17.0 Å². The van der Waals surface area contributed by atoms with Gasteiger partial charge in [0.25, 0.3) is 0 Å². The molecule has 0 fully saturated rings.